The first-order chi connectivity index (χ1) is 8.30. The number of alkyl halides is 2. The highest BCUT2D eigenvalue weighted by Gasteiger charge is 2.31. The number of aryl methyl sites for hydroxylation is 1. The van der Waals surface area contributed by atoms with Crippen molar-refractivity contribution >= 4 is 21.6 Å². The highest BCUT2D eigenvalue weighted by atomic mass is 35.5. The topological polar surface area (TPSA) is 75.4 Å². The van der Waals surface area contributed by atoms with E-state index >= 15 is 0 Å². The van der Waals surface area contributed by atoms with Gasteiger partial charge in [-0.2, -0.15) is 4.31 Å². The minimum Gasteiger partial charge on any atom is -0.395 e. The molecule has 1 heterocycles. The molecule has 0 aliphatic heterocycles. The summed E-state index contributed by atoms with van der Waals surface area (Å²) in [4.78, 5) is 3.57. The molecule has 0 aliphatic rings. The number of hydrogen-bond donors (Lipinski definition) is 1. The molecule has 0 bridgehead atoms. The summed E-state index contributed by atoms with van der Waals surface area (Å²) in [5, 5.41) is 8.05. The predicted molar refractivity (Wildman–Crippen MR) is 60.1 cm³/mol. The first kappa shape index (κ1) is 15.3. The summed E-state index contributed by atoms with van der Waals surface area (Å²) in [5.74, 6) is 0. The van der Waals surface area contributed by atoms with Crippen LogP contribution >= 0.6 is 11.6 Å². The Morgan fingerprint density at radius 2 is 2.22 bits per heavy atom. The van der Waals surface area contributed by atoms with Crippen molar-refractivity contribution in [2.75, 3.05) is 19.7 Å². The third kappa shape index (κ3) is 3.16. The van der Waals surface area contributed by atoms with Crippen molar-refractivity contribution in [3.05, 3.63) is 11.5 Å². The lowest BCUT2D eigenvalue weighted by Crippen LogP contribution is -2.37. The lowest BCUT2D eigenvalue weighted by atomic mass is 10.6. The number of aliphatic hydroxyl groups is 1. The predicted octanol–water partition coefficient (Wildman–Crippen LogP) is 0.322. The Hall–Kier alpha value is -0.770. The molecule has 0 fully saturated rings. The number of halogens is 3. The first-order valence-electron chi connectivity index (χ1n) is 4.86. The zero-order valence-corrected chi connectivity index (χ0v) is 11.0. The van der Waals surface area contributed by atoms with E-state index in [-0.39, 0.29) is 5.15 Å². The van der Waals surface area contributed by atoms with Crippen LogP contribution in [0.15, 0.2) is 11.4 Å². The fraction of sp³-hybridized carbons (Fsp3) is 0.625. The van der Waals surface area contributed by atoms with Gasteiger partial charge in [0.05, 0.1) is 19.5 Å². The highest BCUT2D eigenvalue weighted by molar-refractivity contribution is 7.89. The van der Waals surface area contributed by atoms with E-state index in [0.29, 0.717) is 4.31 Å². The van der Waals surface area contributed by atoms with E-state index in [4.69, 9.17) is 16.7 Å². The number of aromatic nitrogens is 2. The van der Waals surface area contributed by atoms with Crippen LogP contribution in [0, 0.1) is 0 Å². The largest absolute Gasteiger partial charge is 0.395 e. The molecule has 0 radical (unpaired) electrons. The molecule has 0 saturated heterocycles. The van der Waals surface area contributed by atoms with Gasteiger partial charge in [-0.25, -0.2) is 22.2 Å². The summed E-state index contributed by atoms with van der Waals surface area (Å²) in [6, 6.07) is 0. The normalized spacial score (nSPS) is 12.6. The lowest BCUT2D eigenvalue weighted by Gasteiger charge is -2.19. The van der Waals surface area contributed by atoms with Crippen LogP contribution in [0.4, 0.5) is 8.78 Å². The van der Waals surface area contributed by atoms with Crippen LogP contribution in [0.1, 0.15) is 0 Å². The minimum atomic E-state index is -4.24. The number of nitrogens with zero attached hydrogens (tertiary/aromatic N) is 3. The van der Waals surface area contributed by atoms with Crippen molar-refractivity contribution in [3.8, 4) is 0 Å². The zero-order chi connectivity index (χ0) is 13.9. The van der Waals surface area contributed by atoms with Crippen molar-refractivity contribution in [1.82, 2.24) is 13.9 Å². The lowest BCUT2D eigenvalue weighted by molar-refractivity contribution is 0.113. The molecule has 6 nitrogen and oxygen atoms in total. The molecule has 1 aromatic rings. The van der Waals surface area contributed by atoms with Gasteiger partial charge in [-0.3, -0.25) is 0 Å². The van der Waals surface area contributed by atoms with E-state index in [2.05, 4.69) is 4.98 Å². The second-order valence-electron chi connectivity index (χ2n) is 3.43. The number of rotatable bonds is 6. The molecule has 1 N–H and O–H groups in total. The van der Waals surface area contributed by atoms with Gasteiger partial charge in [0, 0.05) is 13.6 Å². The molecule has 104 valence electrons. The van der Waals surface area contributed by atoms with Crippen molar-refractivity contribution < 1.29 is 22.3 Å². The summed E-state index contributed by atoms with van der Waals surface area (Å²) in [7, 11) is -2.77. The highest BCUT2D eigenvalue weighted by Crippen LogP contribution is 2.22. The average Bonchev–Trinajstić information content (AvgIpc) is 2.59. The Kier molecular flexibility index (Phi) is 5.02. The molecule has 0 saturated carbocycles. The molecule has 0 atom stereocenters. The Morgan fingerprint density at radius 3 is 2.61 bits per heavy atom. The van der Waals surface area contributed by atoms with Gasteiger partial charge in [-0.1, -0.05) is 11.6 Å². The Balaban J connectivity index is 3.12. The van der Waals surface area contributed by atoms with Crippen molar-refractivity contribution in [2.24, 2.45) is 7.05 Å². The molecular weight excluding hydrogens is 292 g/mol. The fourth-order valence-electron chi connectivity index (χ4n) is 1.26. The molecule has 0 aliphatic carbocycles. The monoisotopic (exact) mass is 303 g/mol. The number of aliphatic hydroxyl groups excluding tert-OH is 1. The SMILES string of the molecule is Cn1cnc(S(=O)(=O)N(CCO)CC(F)F)c1Cl. The van der Waals surface area contributed by atoms with Crippen molar-refractivity contribution in [3.63, 3.8) is 0 Å². The third-order valence-corrected chi connectivity index (χ3v) is 4.47. The maximum atomic E-state index is 12.3. The van der Waals surface area contributed by atoms with Crippen LogP contribution in [0.5, 0.6) is 0 Å². The fourth-order valence-corrected chi connectivity index (χ4v) is 3.06. The smallest absolute Gasteiger partial charge is 0.263 e. The van der Waals surface area contributed by atoms with Crippen LogP contribution in [0.2, 0.25) is 5.15 Å². The molecule has 0 spiro atoms. The van der Waals surface area contributed by atoms with Crippen LogP contribution in [-0.4, -0.2) is 53.5 Å². The molecule has 10 heteroatoms. The van der Waals surface area contributed by atoms with Gasteiger partial charge in [0.15, 0.2) is 0 Å². The van der Waals surface area contributed by atoms with Crippen LogP contribution in [-0.2, 0) is 17.1 Å². The maximum Gasteiger partial charge on any atom is 0.263 e. The maximum absolute atomic E-state index is 12.3. The summed E-state index contributed by atoms with van der Waals surface area (Å²) in [6.07, 6.45) is -1.69. The Bertz CT molecular complexity index is 506. The molecule has 18 heavy (non-hydrogen) atoms. The quantitative estimate of drug-likeness (QED) is 0.821. The van der Waals surface area contributed by atoms with E-state index in [1.807, 2.05) is 0 Å². The van der Waals surface area contributed by atoms with Crippen molar-refractivity contribution in [1.29, 1.82) is 0 Å². The number of hydrogen-bond acceptors (Lipinski definition) is 4. The minimum absolute atomic E-state index is 0.174. The summed E-state index contributed by atoms with van der Waals surface area (Å²) >= 11 is 5.72. The van der Waals surface area contributed by atoms with Crippen LogP contribution < -0.4 is 0 Å². The summed E-state index contributed by atoms with van der Waals surface area (Å²) < 4.78 is 50.3. The van der Waals surface area contributed by atoms with E-state index < -0.39 is 41.2 Å². The first-order valence-corrected chi connectivity index (χ1v) is 6.68. The van der Waals surface area contributed by atoms with Gasteiger partial charge in [-0.15, -0.1) is 0 Å². The van der Waals surface area contributed by atoms with E-state index in [1.54, 1.807) is 0 Å². The number of imidazole rings is 1. The summed E-state index contributed by atoms with van der Waals surface area (Å²) in [5.41, 5.74) is 0. The molecule has 1 rings (SSSR count). The Morgan fingerprint density at radius 1 is 1.61 bits per heavy atom. The van der Waals surface area contributed by atoms with E-state index in [9.17, 15) is 17.2 Å². The van der Waals surface area contributed by atoms with Crippen LogP contribution in [0.25, 0.3) is 0 Å². The van der Waals surface area contributed by atoms with Gasteiger partial charge < -0.3 is 9.67 Å². The standard InChI is InChI=1S/C8H12ClF2N3O3S/c1-13-5-12-8(7(13)9)18(16,17)14(2-3-15)4-6(10)11/h5-6,15H,2-4H2,1H3. The third-order valence-electron chi connectivity index (χ3n) is 2.11. The summed E-state index contributed by atoms with van der Waals surface area (Å²) in [6.45, 7) is -2.04. The molecule has 0 aromatic carbocycles. The number of sulfonamides is 1. The van der Waals surface area contributed by atoms with Gasteiger partial charge in [-0.05, 0) is 0 Å². The van der Waals surface area contributed by atoms with E-state index in [1.165, 1.54) is 11.6 Å². The molecule has 1 aromatic heterocycles. The van der Waals surface area contributed by atoms with Gasteiger partial charge in [0.1, 0.15) is 5.15 Å². The van der Waals surface area contributed by atoms with Gasteiger partial charge in [0.2, 0.25) is 5.03 Å². The van der Waals surface area contributed by atoms with Crippen LogP contribution in [0.3, 0.4) is 0 Å². The second kappa shape index (κ2) is 5.91. The van der Waals surface area contributed by atoms with Crippen molar-refractivity contribution in [2.45, 2.75) is 11.5 Å². The Labute approximate surface area is 108 Å². The molecule has 0 amide bonds. The zero-order valence-electron chi connectivity index (χ0n) is 9.42. The van der Waals surface area contributed by atoms with E-state index in [0.717, 1.165) is 6.33 Å². The second-order valence-corrected chi connectivity index (χ2v) is 5.64. The van der Waals surface area contributed by atoms with Gasteiger partial charge >= 0.3 is 0 Å². The molecule has 0 unspecified atom stereocenters. The van der Waals surface area contributed by atoms with Gasteiger partial charge in [0.25, 0.3) is 16.4 Å². The average molecular weight is 304 g/mol. The molecular formula is C8H12ClF2N3O3S.